The van der Waals surface area contributed by atoms with Crippen LogP contribution >= 0.6 is 0 Å². The molecule has 0 aliphatic heterocycles. The number of aryl methyl sites for hydroxylation is 1. The lowest BCUT2D eigenvalue weighted by molar-refractivity contribution is 0.500. The third-order valence-electron chi connectivity index (χ3n) is 3.28. The summed E-state index contributed by atoms with van der Waals surface area (Å²) in [5.74, 6) is 0.438. The molecule has 5 nitrogen and oxygen atoms in total. The quantitative estimate of drug-likeness (QED) is 0.752. The molecule has 1 fully saturated rings. The van der Waals surface area contributed by atoms with E-state index < -0.39 is 0 Å². The summed E-state index contributed by atoms with van der Waals surface area (Å²) < 4.78 is 1.53. The van der Waals surface area contributed by atoms with Crippen molar-refractivity contribution in [2.24, 2.45) is 18.2 Å². The molecule has 0 amide bonds. The lowest BCUT2D eigenvalue weighted by atomic mass is 10.0. The molecule has 3 N–H and O–H groups in total. The molecule has 1 aliphatic carbocycles. The van der Waals surface area contributed by atoms with Crippen molar-refractivity contribution in [2.45, 2.75) is 19.3 Å². The van der Waals surface area contributed by atoms with Crippen LogP contribution < -0.4 is 16.6 Å². The summed E-state index contributed by atoms with van der Waals surface area (Å²) in [4.78, 5) is 15.7. The molecule has 0 radical (unpaired) electrons. The van der Waals surface area contributed by atoms with Crippen LogP contribution in [0.25, 0.3) is 0 Å². The van der Waals surface area contributed by atoms with Gasteiger partial charge >= 0.3 is 0 Å². The van der Waals surface area contributed by atoms with Gasteiger partial charge in [0, 0.05) is 26.0 Å². The first-order valence-corrected chi connectivity index (χ1v) is 5.62. The SMILES string of the molecule is Cn1ccnc(NCC2(CCN)CC2)c1=O. The highest BCUT2D eigenvalue weighted by atomic mass is 16.1. The Morgan fingerprint density at radius 2 is 2.38 bits per heavy atom. The molecule has 0 bridgehead atoms. The Morgan fingerprint density at radius 3 is 3.00 bits per heavy atom. The maximum absolute atomic E-state index is 11.7. The molecule has 0 saturated heterocycles. The first kappa shape index (κ1) is 11.1. The van der Waals surface area contributed by atoms with Crippen molar-refractivity contribution < 1.29 is 0 Å². The Morgan fingerprint density at radius 1 is 1.62 bits per heavy atom. The van der Waals surface area contributed by atoms with Gasteiger partial charge in [0.2, 0.25) is 0 Å². The van der Waals surface area contributed by atoms with Crippen LogP contribution in [0.4, 0.5) is 5.82 Å². The smallest absolute Gasteiger partial charge is 0.293 e. The van der Waals surface area contributed by atoms with Crippen molar-refractivity contribution in [3.8, 4) is 0 Å². The molecule has 1 heterocycles. The van der Waals surface area contributed by atoms with E-state index in [0.29, 0.717) is 17.8 Å². The number of hydrogen-bond donors (Lipinski definition) is 2. The van der Waals surface area contributed by atoms with Gasteiger partial charge in [-0.3, -0.25) is 4.79 Å². The van der Waals surface area contributed by atoms with Crippen molar-refractivity contribution in [3.05, 3.63) is 22.7 Å². The minimum atomic E-state index is -0.0777. The maximum Gasteiger partial charge on any atom is 0.293 e. The summed E-state index contributed by atoms with van der Waals surface area (Å²) >= 11 is 0. The van der Waals surface area contributed by atoms with Crippen LogP contribution in [0, 0.1) is 5.41 Å². The zero-order valence-corrected chi connectivity index (χ0v) is 9.57. The number of nitrogens with two attached hydrogens (primary N) is 1. The second kappa shape index (κ2) is 4.25. The molecular formula is C11H18N4O. The molecule has 5 heteroatoms. The Bertz CT molecular complexity index is 422. The molecule has 0 spiro atoms. The first-order chi connectivity index (χ1) is 7.67. The van der Waals surface area contributed by atoms with Gasteiger partial charge in [-0.2, -0.15) is 0 Å². The molecule has 88 valence electrons. The van der Waals surface area contributed by atoms with Crippen molar-refractivity contribution in [1.29, 1.82) is 0 Å². The third-order valence-corrected chi connectivity index (χ3v) is 3.28. The van der Waals surface area contributed by atoms with Crippen LogP contribution in [0.3, 0.4) is 0 Å². The maximum atomic E-state index is 11.7. The van der Waals surface area contributed by atoms with E-state index in [-0.39, 0.29) is 5.56 Å². The number of nitrogens with one attached hydrogen (secondary N) is 1. The molecule has 2 rings (SSSR count). The Hall–Kier alpha value is -1.36. The average Bonchev–Trinajstić information content (AvgIpc) is 3.02. The fourth-order valence-electron chi connectivity index (χ4n) is 1.89. The third kappa shape index (κ3) is 2.24. The lowest BCUT2D eigenvalue weighted by Crippen LogP contribution is -2.26. The van der Waals surface area contributed by atoms with Crippen molar-refractivity contribution in [3.63, 3.8) is 0 Å². The van der Waals surface area contributed by atoms with Gasteiger partial charge in [-0.15, -0.1) is 0 Å². The summed E-state index contributed by atoms with van der Waals surface area (Å²) in [6.07, 6.45) is 6.70. The predicted octanol–water partition coefficient (Wildman–Crippen LogP) is 0.321. The second-order valence-electron chi connectivity index (χ2n) is 4.58. The molecule has 16 heavy (non-hydrogen) atoms. The first-order valence-electron chi connectivity index (χ1n) is 5.62. The monoisotopic (exact) mass is 222 g/mol. The number of anilines is 1. The van der Waals surface area contributed by atoms with Gasteiger partial charge < -0.3 is 15.6 Å². The summed E-state index contributed by atoms with van der Waals surface area (Å²) in [5.41, 5.74) is 5.81. The average molecular weight is 222 g/mol. The number of hydrogen-bond acceptors (Lipinski definition) is 4. The minimum Gasteiger partial charge on any atom is -0.365 e. The largest absolute Gasteiger partial charge is 0.365 e. The molecule has 1 aromatic heterocycles. The van der Waals surface area contributed by atoms with E-state index in [1.807, 2.05) is 0 Å². The zero-order chi connectivity index (χ0) is 11.6. The van der Waals surface area contributed by atoms with Gasteiger partial charge in [-0.05, 0) is 31.2 Å². The molecule has 1 aromatic rings. The van der Waals surface area contributed by atoms with Crippen molar-refractivity contribution >= 4 is 5.82 Å². The lowest BCUT2D eigenvalue weighted by Gasteiger charge is -2.14. The topological polar surface area (TPSA) is 72.9 Å². The summed E-state index contributed by atoms with van der Waals surface area (Å²) in [5, 5.41) is 3.14. The van der Waals surface area contributed by atoms with E-state index in [1.165, 1.54) is 17.4 Å². The van der Waals surface area contributed by atoms with Crippen LogP contribution in [-0.2, 0) is 7.05 Å². The van der Waals surface area contributed by atoms with E-state index >= 15 is 0 Å². The number of nitrogens with zero attached hydrogens (tertiary/aromatic N) is 2. The van der Waals surface area contributed by atoms with Gasteiger partial charge in [0.1, 0.15) is 0 Å². The normalized spacial score (nSPS) is 17.1. The fourth-order valence-corrected chi connectivity index (χ4v) is 1.89. The standard InChI is InChI=1S/C11H18N4O/c1-15-7-6-13-9(10(15)16)14-8-11(2-3-11)4-5-12/h6-7H,2-5,8,12H2,1H3,(H,13,14). The Balaban J connectivity index is 2.00. The second-order valence-corrected chi connectivity index (χ2v) is 4.58. The summed E-state index contributed by atoms with van der Waals surface area (Å²) in [6, 6.07) is 0. The van der Waals surface area contributed by atoms with E-state index in [4.69, 9.17) is 5.73 Å². The van der Waals surface area contributed by atoms with E-state index in [9.17, 15) is 4.79 Å². The highest BCUT2D eigenvalue weighted by Crippen LogP contribution is 2.48. The highest BCUT2D eigenvalue weighted by Gasteiger charge is 2.41. The Labute approximate surface area is 94.7 Å². The summed E-state index contributed by atoms with van der Waals surface area (Å²) in [7, 11) is 1.72. The number of rotatable bonds is 5. The molecule has 1 aliphatic rings. The van der Waals surface area contributed by atoms with E-state index in [1.54, 1.807) is 19.4 Å². The van der Waals surface area contributed by atoms with Crippen LogP contribution in [0.1, 0.15) is 19.3 Å². The number of aromatic nitrogens is 2. The van der Waals surface area contributed by atoms with E-state index in [2.05, 4.69) is 10.3 Å². The highest BCUT2D eigenvalue weighted by molar-refractivity contribution is 5.31. The predicted molar refractivity (Wildman–Crippen MR) is 63.3 cm³/mol. The van der Waals surface area contributed by atoms with Crippen molar-refractivity contribution in [1.82, 2.24) is 9.55 Å². The fraction of sp³-hybridized carbons (Fsp3) is 0.636. The molecule has 1 saturated carbocycles. The molecule has 0 aromatic carbocycles. The van der Waals surface area contributed by atoms with Crippen LogP contribution in [0.15, 0.2) is 17.2 Å². The van der Waals surface area contributed by atoms with Crippen LogP contribution in [-0.4, -0.2) is 22.6 Å². The molecule has 0 atom stereocenters. The van der Waals surface area contributed by atoms with E-state index in [0.717, 1.165) is 13.0 Å². The van der Waals surface area contributed by atoms with Crippen LogP contribution in [0.5, 0.6) is 0 Å². The summed E-state index contributed by atoms with van der Waals surface area (Å²) in [6.45, 7) is 1.51. The Kier molecular flexibility index (Phi) is 2.96. The van der Waals surface area contributed by atoms with Gasteiger partial charge in [0.05, 0.1) is 0 Å². The van der Waals surface area contributed by atoms with Gasteiger partial charge in [-0.25, -0.2) is 4.98 Å². The van der Waals surface area contributed by atoms with Crippen LogP contribution in [0.2, 0.25) is 0 Å². The zero-order valence-electron chi connectivity index (χ0n) is 9.57. The molecule has 0 unspecified atom stereocenters. The molecular weight excluding hydrogens is 204 g/mol. The van der Waals surface area contributed by atoms with Gasteiger partial charge in [-0.1, -0.05) is 0 Å². The minimum absolute atomic E-state index is 0.0777. The van der Waals surface area contributed by atoms with Gasteiger partial charge in [0.15, 0.2) is 5.82 Å². The van der Waals surface area contributed by atoms with Gasteiger partial charge in [0.25, 0.3) is 5.56 Å². The van der Waals surface area contributed by atoms with Crippen molar-refractivity contribution in [2.75, 3.05) is 18.4 Å².